The van der Waals surface area contributed by atoms with E-state index in [9.17, 15) is 18.0 Å². The average molecular weight is 427 g/mol. The molecular weight excluding hydrogens is 396 g/mol. The van der Waals surface area contributed by atoms with Crippen molar-refractivity contribution >= 4 is 21.9 Å². The van der Waals surface area contributed by atoms with Crippen LogP contribution in [0.5, 0.6) is 5.75 Å². The molecule has 1 amide bonds. The van der Waals surface area contributed by atoms with Crippen LogP contribution in [0.1, 0.15) is 52.4 Å². The zero-order chi connectivity index (χ0) is 21.4. The summed E-state index contributed by atoms with van der Waals surface area (Å²) in [5.74, 6) is -0.661. The molecule has 0 heterocycles. The molecule has 162 valence electrons. The van der Waals surface area contributed by atoms with Gasteiger partial charge in [0, 0.05) is 6.04 Å². The van der Waals surface area contributed by atoms with E-state index in [0.29, 0.717) is 5.75 Å². The van der Waals surface area contributed by atoms with Gasteiger partial charge in [-0.1, -0.05) is 25.7 Å². The summed E-state index contributed by atoms with van der Waals surface area (Å²) >= 11 is 0. The van der Waals surface area contributed by atoms with E-state index in [1.165, 1.54) is 58.1 Å². The number of carbonyl (C=O) groups excluding carboxylic acids is 2. The number of ether oxygens (including phenoxy) is 2. The largest absolute Gasteiger partial charge is 0.497 e. The van der Waals surface area contributed by atoms with Crippen LogP contribution in [-0.4, -0.2) is 45.6 Å². The van der Waals surface area contributed by atoms with Crippen molar-refractivity contribution in [1.29, 1.82) is 0 Å². The summed E-state index contributed by atoms with van der Waals surface area (Å²) in [6, 6.07) is 4.73. The Balaban J connectivity index is 1.88. The Morgan fingerprint density at radius 2 is 1.62 bits per heavy atom. The second-order valence-corrected chi connectivity index (χ2v) is 9.01. The number of nitrogens with one attached hydrogen (secondary N) is 2. The molecule has 1 aromatic rings. The molecule has 9 heteroatoms. The number of sulfonamides is 1. The molecule has 0 aromatic heterocycles. The molecule has 1 aromatic carbocycles. The Kier molecular flexibility index (Phi) is 8.45. The molecule has 29 heavy (non-hydrogen) atoms. The highest BCUT2D eigenvalue weighted by atomic mass is 32.2. The molecule has 0 unspecified atom stereocenters. The van der Waals surface area contributed by atoms with Crippen molar-refractivity contribution in [3.63, 3.8) is 0 Å². The van der Waals surface area contributed by atoms with E-state index in [1.54, 1.807) is 0 Å². The Hall–Kier alpha value is -2.13. The normalized spacial score (nSPS) is 17.6. The van der Waals surface area contributed by atoms with Gasteiger partial charge in [-0.25, -0.2) is 8.42 Å². The summed E-state index contributed by atoms with van der Waals surface area (Å²) in [7, 11) is -2.44. The zero-order valence-electron chi connectivity index (χ0n) is 17.1. The van der Waals surface area contributed by atoms with Crippen molar-refractivity contribution in [2.24, 2.45) is 0 Å². The summed E-state index contributed by atoms with van der Waals surface area (Å²) in [6.07, 6.45) is 5.33. The first-order valence-electron chi connectivity index (χ1n) is 9.90. The van der Waals surface area contributed by atoms with Gasteiger partial charge < -0.3 is 14.8 Å². The highest BCUT2D eigenvalue weighted by molar-refractivity contribution is 7.89. The quantitative estimate of drug-likeness (QED) is 0.487. The number of methoxy groups -OCH3 is 1. The molecule has 1 aliphatic carbocycles. The van der Waals surface area contributed by atoms with Crippen LogP contribution >= 0.6 is 0 Å². The van der Waals surface area contributed by atoms with Crippen LogP contribution in [-0.2, 0) is 24.3 Å². The van der Waals surface area contributed by atoms with Gasteiger partial charge in [-0.2, -0.15) is 4.72 Å². The maximum Gasteiger partial charge on any atom is 0.324 e. The lowest BCUT2D eigenvalue weighted by atomic mass is 10.1. The van der Waals surface area contributed by atoms with Crippen molar-refractivity contribution in [3.05, 3.63) is 24.3 Å². The first kappa shape index (κ1) is 23.2. The fourth-order valence-corrected chi connectivity index (χ4v) is 4.37. The monoisotopic (exact) mass is 426 g/mol. The summed E-state index contributed by atoms with van der Waals surface area (Å²) < 4.78 is 37.3. The second-order valence-electron chi connectivity index (χ2n) is 7.29. The topological polar surface area (TPSA) is 111 Å². The van der Waals surface area contributed by atoms with E-state index in [-0.39, 0.29) is 16.8 Å². The van der Waals surface area contributed by atoms with Crippen LogP contribution in [0.4, 0.5) is 0 Å². The third-order valence-corrected chi connectivity index (χ3v) is 6.48. The van der Waals surface area contributed by atoms with Crippen molar-refractivity contribution in [1.82, 2.24) is 10.0 Å². The van der Waals surface area contributed by atoms with Gasteiger partial charge in [-0.05, 0) is 51.0 Å². The third-order valence-electron chi connectivity index (χ3n) is 4.92. The maximum absolute atomic E-state index is 12.4. The first-order chi connectivity index (χ1) is 13.7. The van der Waals surface area contributed by atoms with E-state index in [4.69, 9.17) is 9.47 Å². The predicted octanol–water partition coefficient (Wildman–Crippen LogP) is 2.13. The molecular formula is C20H30N2O6S. The van der Waals surface area contributed by atoms with Crippen LogP contribution in [0.3, 0.4) is 0 Å². The zero-order valence-corrected chi connectivity index (χ0v) is 18.0. The van der Waals surface area contributed by atoms with Gasteiger partial charge in [-0.15, -0.1) is 0 Å². The molecule has 0 saturated heterocycles. The van der Waals surface area contributed by atoms with Gasteiger partial charge in [0.05, 0.1) is 12.0 Å². The lowest BCUT2D eigenvalue weighted by molar-refractivity contribution is -0.156. The molecule has 8 nitrogen and oxygen atoms in total. The Labute approximate surface area is 172 Å². The Morgan fingerprint density at radius 3 is 2.17 bits per heavy atom. The van der Waals surface area contributed by atoms with E-state index >= 15 is 0 Å². The van der Waals surface area contributed by atoms with E-state index in [2.05, 4.69) is 10.0 Å². The highest BCUT2D eigenvalue weighted by Gasteiger charge is 2.27. The predicted molar refractivity (Wildman–Crippen MR) is 108 cm³/mol. The van der Waals surface area contributed by atoms with Crippen LogP contribution in [0.15, 0.2) is 29.2 Å². The van der Waals surface area contributed by atoms with Gasteiger partial charge in [0.15, 0.2) is 6.10 Å². The molecule has 1 aliphatic rings. The lowest BCUT2D eigenvalue weighted by Gasteiger charge is -2.21. The molecule has 2 N–H and O–H groups in total. The standard InChI is InChI=1S/C20H30N2O6S/c1-14(22-29(25,26)18-12-10-17(27-3)11-13-18)20(24)28-15(2)19(23)21-16-8-6-4-5-7-9-16/h10-16,22H,4-9H2,1-3H3,(H,21,23)/t14-,15+/m0/s1. The van der Waals surface area contributed by atoms with Crippen molar-refractivity contribution in [3.8, 4) is 5.75 Å². The Morgan fingerprint density at radius 1 is 1.03 bits per heavy atom. The SMILES string of the molecule is COc1ccc(S(=O)(=O)N[C@@H](C)C(=O)O[C@H](C)C(=O)NC2CCCCCC2)cc1. The lowest BCUT2D eigenvalue weighted by Crippen LogP contribution is -2.45. The number of benzene rings is 1. The number of rotatable bonds is 8. The van der Waals surface area contributed by atoms with Crippen molar-refractivity contribution < 1.29 is 27.5 Å². The van der Waals surface area contributed by atoms with Gasteiger partial charge in [0.25, 0.3) is 5.91 Å². The van der Waals surface area contributed by atoms with Gasteiger partial charge in [0.1, 0.15) is 11.8 Å². The summed E-state index contributed by atoms with van der Waals surface area (Å²) in [6.45, 7) is 2.86. The summed E-state index contributed by atoms with van der Waals surface area (Å²) in [5.41, 5.74) is 0. The van der Waals surface area contributed by atoms with E-state index in [1.807, 2.05) is 0 Å². The minimum atomic E-state index is -3.92. The fourth-order valence-electron chi connectivity index (χ4n) is 3.18. The molecule has 2 atom stereocenters. The minimum Gasteiger partial charge on any atom is -0.497 e. The van der Waals surface area contributed by atoms with Gasteiger partial charge in [-0.3, -0.25) is 9.59 Å². The Bertz CT molecular complexity index is 786. The van der Waals surface area contributed by atoms with E-state index < -0.39 is 28.1 Å². The van der Waals surface area contributed by atoms with Crippen molar-refractivity contribution in [2.75, 3.05) is 7.11 Å². The van der Waals surface area contributed by atoms with Crippen LogP contribution in [0.2, 0.25) is 0 Å². The molecule has 0 bridgehead atoms. The third kappa shape index (κ3) is 7.01. The van der Waals surface area contributed by atoms with Crippen LogP contribution in [0, 0.1) is 0 Å². The number of hydrogen-bond donors (Lipinski definition) is 2. The fraction of sp³-hybridized carbons (Fsp3) is 0.600. The number of hydrogen-bond acceptors (Lipinski definition) is 6. The molecule has 0 spiro atoms. The summed E-state index contributed by atoms with van der Waals surface area (Å²) in [4.78, 5) is 24.6. The highest BCUT2D eigenvalue weighted by Crippen LogP contribution is 2.18. The number of carbonyl (C=O) groups is 2. The molecule has 1 saturated carbocycles. The second kappa shape index (κ2) is 10.6. The van der Waals surface area contributed by atoms with Crippen LogP contribution in [0.25, 0.3) is 0 Å². The van der Waals surface area contributed by atoms with Crippen molar-refractivity contribution in [2.45, 2.75) is 75.5 Å². The summed E-state index contributed by atoms with van der Waals surface area (Å²) in [5, 5.41) is 2.92. The van der Waals surface area contributed by atoms with Crippen LogP contribution < -0.4 is 14.8 Å². The molecule has 0 aliphatic heterocycles. The van der Waals surface area contributed by atoms with Gasteiger partial charge >= 0.3 is 5.97 Å². The maximum atomic E-state index is 12.4. The van der Waals surface area contributed by atoms with E-state index in [0.717, 1.165) is 25.7 Å². The smallest absolute Gasteiger partial charge is 0.324 e. The number of amides is 1. The van der Waals surface area contributed by atoms with Gasteiger partial charge in [0.2, 0.25) is 10.0 Å². The minimum absolute atomic E-state index is 0.00268. The first-order valence-corrected chi connectivity index (χ1v) is 11.4. The molecule has 0 radical (unpaired) electrons. The molecule has 2 rings (SSSR count). The number of esters is 1. The average Bonchev–Trinajstić information content (AvgIpc) is 2.96. The molecule has 1 fully saturated rings.